The predicted octanol–water partition coefficient (Wildman–Crippen LogP) is 1.76. The Morgan fingerprint density at radius 2 is 2.08 bits per heavy atom. The maximum absolute atomic E-state index is 12.3. The maximum atomic E-state index is 12.3. The molecule has 1 aromatic heterocycles. The molecule has 0 bridgehead atoms. The van der Waals surface area contributed by atoms with Gasteiger partial charge in [-0.05, 0) is 29.3 Å². The van der Waals surface area contributed by atoms with Gasteiger partial charge < -0.3 is 15.0 Å². The Morgan fingerprint density at radius 3 is 2.76 bits per heavy atom. The molecule has 130 valence electrons. The number of hydrogen-bond acceptors (Lipinski definition) is 4. The molecule has 1 saturated heterocycles. The Bertz CT molecular complexity index is 731. The topological polar surface area (TPSA) is 71.5 Å². The van der Waals surface area contributed by atoms with Crippen LogP contribution in [0.1, 0.15) is 17.5 Å². The normalized spacial score (nSPS) is 16.8. The van der Waals surface area contributed by atoms with E-state index in [1.807, 2.05) is 36.4 Å². The number of aromatic nitrogens is 1. The summed E-state index contributed by atoms with van der Waals surface area (Å²) in [4.78, 5) is 30.3. The molecule has 6 heteroatoms. The molecule has 1 N–H and O–H groups in total. The minimum atomic E-state index is -0.303. The van der Waals surface area contributed by atoms with E-state index in [0.29, 0.717) is 19.6 Å². The first-order chi connectivity index (χ1) is 12.2. The van der Waals surface area contributed by atoms with Crippen molar-refractivity contribution in [2.45, 2.75) is 19.5 Å². The van der Waals surface area contributed by atoms with Crippen molar-refractivity contribution in [3.8, 4) is 5.75 Å². The van der Waals surface area contributed by atoms with Crippen molar-refractivity contribution in [2.75, 3.05) is 13.7 Å². The number of carbonyl (C=O) groups excluding carboxylic acids is 2. The summed E-state index contributed by atoms with van der Waals surface area (Å²) in [6, 6.07) is 11.3. The second-order valence-electron chi connectivity index (χ2n) is 6.10. The SMILES string of the molecule is COc1ccc(CN2C[C@@H](C(=O)NCc3cccnc3)CC2=O)cc1. The third kappa shape index (κ3) is 4.35. The fraction of sp³-hybridized carbons (Fsp3) is 0.316. The summed E-state index contributed by atoms with van der Waals surface area (Å²) < 4.78 is 5.13. The van der Waals surface area contributed by atoms with Crippen LogP contribution in [0.15, 0.2) is 48.8 Å². The van der Waals surface area contributed by atoms with Crippen LogP contribution in [0.25, 0.3) is 0 Å². The largest absolute Gasteiger partial charge is 0.497 e. The van der Waals surface area contributed by atoms with Crippen molar-refractivity contribution in [3.63, 3.8) is 0 Å². The van der Waals surface area contributed by atoms with Gasteiger partial charge in [0.15, 0.2) is 0 Å². The Morgan fingerprint density at radius 1 is 1.28 bits per heavy atom. The molecule has 2 heterocycles. The molecule has 3 rings (SSSR count). The van der Waals surface area contributed by atoms with E-state index in [4.69, 9.17) is 4.74 Å². The summed E-state index contributed by atoms with van der Waals surface area (Å²) in [5.41, 5.74) is 1.96. The van der Waals surface area contributed by atoms with Gasteiger partial charge in [0.1, 0.15) is 5.75 Å². The van der Waals surface area contributed by atoms with Crippen molar-refractivity contribution >= 4 is 11.8 Å². The number of rotatable bonds is 6. The number of ether oxygens (including phenoxy) is 1. The van der Waals surface area contributed by atoms with Crippen LogP contribution < -0.4 is 10.1 Å². The second-order valence-corrected chi connectivity index (χ2v) is 6.10. The molecule has 6 nitrogen and oxygen atoms in total. The van der Waals surface area contributed by atoms with Crippen molar-refractivity contribution in [3.05, 3.63) is 59.9 Å². The zero-order valence-electron chi connectivity index (χ0n) is 14.1. The highest BCUT2D eigenvalue weighted by Gasteiger charge is 2.34. The quantitative estimate of drug-likeness (QED) is 0.870. The highest BCUT2D eigenvalue weighted by Crippen LogP contribution is 2.21. The molecule has 2 amide bonds. The number of nitrogens with zero attached hydrogens (tertiary/aromatic N) is 2. The first-order valence-corrected chi connectivity index (χ1v) is 8.23. The van der Waals surface area contributed by atoms with E-state index in [1.165, 1.54) is 0 Å². The molecule has 1 atom stereocenters. The average molecular weight is 339 g/mol. The minimum absolute atomic E-state index is 0.0114. The third-order valence-electron chi connectivity index (χ3n) is 4.31. The summed E-state index contributed by atoms with van der Waals surface area (Å²) >= 11 is 0. The van der Waals surface area contributed by atoms with Gasteiger partial charge in [-0.15, -0.1) is 0 Å². The van der Waals surface area contributed by atoms with Crippen LogP contribution in [0.4, 0.5) is 0 Å². The molecule has 1 fully saturated rings. The molecule has 1 aliphatic rings. The number of pyridine rings is 1. The Labute approximate surface area is 146 Å². The molecule has 0 unspecified atom stereocenters. The average Bonchev–Trinajstić information content (AvgIpc) is 3.02. The molecular weight excluding hydrogens is 318 g/mol. The van der Waals surface area contributed by atoms with E-state index in [9.17, 15) is 9.59 Å². The van der Waals surface area contributed by atoms with E-state index in [-0.39, 0.29) is 24.2 Å². The first kappa shape index (κ1) is 17.0. The summed E-state index contributed by atoms with van der Waals surface area (Å²) in [7, 11) is 1.62. The lowest BCUT2D eigenvalue weighted by Gasteiger charge is -2.17. The van der Waals surface area contributed by atoms with Crippen molar-refractivity contribution in [2.24, 2.45) is 5.92 Å². The van der Waals surface area contributed by atoms with Crippen molar-refractivity contribution in [1.82, 2.24) is 15.2 Å². The molecular formula is C19H21N3O3. The highest BCUT2D eigenvalue weighted by molar-refractivity contribution is 5.89. The van der Waals surface area contributed by atoms with E-state index in [2.05, 4.69) is 10.3 Å². The zero-order chi connectivity index (χ0) is 17.6. The second kappa shape index (κ2) is 7.79. The molecule has 1 aromatic carbocycles. The lowest BCUT2D eigenvalue weighted by Crippen LogP contribution is -2.32. The molecule has 2 aromatic rings. The number of hydrogen-bond donors (Lipinski definition) is 1. The van der Waals surface area contributed by atoms with Gasteiger partial charge in [0.2, 0.25) is 11.8 Å². The Balaban J connectivity index is 1.53. The zero-order valence-corrected chi connectivity index (χ0v) is 14.1. The van der Waals surface area contributed by atoms with Gasteiger partial charge in [-0.3, -0.25) is 14.6 Å². The van der Waals surface area contributed by atoms with E-state index < -0.39 is 0 Å². The molecule has 0 saturated carbocycles. The Kier molecular flexibility index (Phi) is 5.28. The monoisotopic (exact) mass is 339 g/mol. The third-order valence-corrected chi connectivity index (χ3v) is 4.31. The van der Waals surface area contributed by atoms with Gasteiger partial charge in [0, 0.05) is 38.4 Å². The lowest BCUT2D eigenvalue weighted by atomic mass is 10.1. The maximum Gasteiger partial charge on any atom is 0.225 e. The number of methoxy groups -OCH3 is 1. The highest BCUT2D eigenvalue weighted by atomic mass is 16.5. The van der Waals surface area contributed by atoms with E-state index in [1.54, 1.807) is 24.4 Å². The fourth-order valence-electron chi connectivity index (χ4n) is 2.89. The predicted molar refractivity (Wildman–Crippen MR) is 92.6 cm³/mol. The number of nitrogens with one attached hydrogen (secondary N) is 1. The van der Waals surface area contributed by atoms with Crippen LogP contribution in [0, 0.1) is 5.92 Å². The summed E-state index contributed by atoms with van der Waals surface area (Å²) in [6.45, 7) is 1.38. The number of carbonyl (C=O) groups is 2. The molecule has 0 aliphatic carbocycles. The van der Waals surface area contributed by atoms with E-state index >= 15 is 0 Å². The minimum Gasteiger partial charge on any atom is -0.497 e. The van der Waals surface area contributed by atoms with Gasteiger partial charge in [0.25, 0.3) is 0 Å². The molecule has 25 heavy (non-hydrogen) atoms. The van der Waals surface area contributed by atoms with E-state index in [0.717, 1.165) is 16.9 Å². The molecule has 0 spiro atoms. The standard InChI is InChI=1S/C19H21N3O3/c1-25-17-6-4-14(5-7-17)12-22-13-16(9-18(22)23)19(24)21-11-15-3-2-8-20-10-15/h2-8,10,16H,9,11-13H2,1H3,(H,21,24)/t16-/m0/s1. The van der Waals surface area contributed by atoms with Crippen LogP contribution in [0.3, 0.4) is 0 Å². The Hall–Kier alpha value is -2.89. The summed E-state index contributed by atoms with van der Waals surface area (Å²) in [5.74, 6) is 0.401. The number of likely N-dealkylation sites (tertiary alicyclic amines) is 1. The fourth-order valence-corrected chi connectivity index (χ4v) is 2.89. The molecule has 1 aliphatic heterocycles. The van der Waals surface area contributed by atoms with Gasteiger partial charge in [-0.2, -0.15) is 0 Å². The smallest absolute Gasteiger partial charge is 0.225 e. The van der Waals surface area contributed by atoms with Crippen LogP contribution in [0.2, 0.25) is 0 Å². The van der Waals surface area contributed by atoms with Crippen LogP contribution in [0.5, 0.6) is 5.75 Å². The number of benzene rings is 1. The lowest BCUT2D eigenvalue weighted by molar-refractivity contribution is -0.129. The summed E-state index contributed by atoms with van der Waals surface area (Å²) in [6.07, 6.45) is 3.67. The molecule has 0 radical (unpaired) electrons. The van der Waals surface area contributed by atoms with Crippen LogP contribution in [-0.4, -0.2) is 35.4 Å². The van der Waals surface area contributed by atoms with Gasteiger partial charge in [-0.1, -0.05) is 18.2 Å². The van der Waals surface area contributed by atoms with Gasteiger partial charge in [0.05, 0.1) is 13.0 Å². The van der Waals surface area contributed by atoms with Crippen molar-refractivity contribution in [1.29, 1.82) is 0 Å². The van der Waals surface area contributed by atoms with Gasteiger partial charge in [-0.25, -0.2) is 0 Å². The number of amides is 2. The first-order valence-electron chi connectivity index (χ1n) is 8.23. The summed E-state index contributed by atoms with van der Waals surface area (Å²) in [5, 5.41) is 2.89. The van der Waals surface area contributed by atoms with Crippen molar-refractivity contribution < 1.29 is 14.3 Å². The van der Waals surface area contributed by atoms with Gasteiger partial charge >= 0.3 is 0 Å². The van der Waals surface area contributed by atoms with Crippen LogP contribution in [-0.2, 0) is 22.7 Å². The van der Waals surface area contributed by atoms with Crippen LogP contribution >= 0.6 is 0 Å².